The van der Waals surface area contributed by atoms with E-state index in [1.165, 1.54) is 7.11 Å². The number of methoxy groups -OCH3 is 1. The van der Waals surface area contributed by atoms with Crippen LogP contribution in [0.4, 0.5) is 0 Å². The monoisotopic (exact) mass is 193 g/mol. The van der Waals surface area contributed by atoms with Crippen LogP contribution in [0.1, 0.15) is 0 Å². The van der Waals surface area contributed by atoms with Crippen LogP contribution < -0.4 is 5.73 Å². The average Bonchev–Trinajstić information content (AvgIpc) is 2.12. The van der Waals surface area contributed by atoms with Crippen molar-refractivity contribution in [3.8, 4) is 0 Å². The zero-order valence-electron chi connectivity index (χ0n) is 7.33. The molecule has 1 aliphatic heterocycles. The van der Waals surface area contributed by atoms with Crippen molar-refractivity contribution in [2.75, 3.05) is 13.7 Å². The first-order valence-electron chi connectivity index (χ1n) is 4.04. The summed E-state index contributed by atoms with van der Waals surface area (Å²) in [6.07, 6.45) is -5.24. The molecule has 5 atom stereocenters. The van der Waals surface area contributed by atoms with Gasteiger partial charge in [0, 0.05) is 13.7 Å². The van der Waals surface area contributed by atoms with Crippen molar-refractivity contribution in [3.63, 3.8) is 0 Å². The van der Waals surface area contributed by atoms with Gasteiger partial charge in [-0.2, -0.15) is 0 Å². The molecule has 1 fully saturated rings. The summed E-state index contributed by atoms with van der Waals surface area (Å²) in [7, 11) is 1.32. The summed E-state index contributed by atoms with van der Waals surface area (Å²) in [5.74, 6) is 0. The summed E-state index contributed by atoms with van der Waals surface area (Å²) in [6, 6.07) is 0. The third-order valence-electron chi connectivity index (χ3n) is 2.17. The van der Waals surface area contributed by atoms with Crippen LogP contribution >= 0.6 is 0 Å². The summed E-state index contributed by atoms with van der Waals surface area (Å²) in [6.45, 7) is 0.0335. The van der Waals surface area contributed by atoms with Crippen molar-refractivity contribution < 1.29 is 24.8 Å². The maximum absolute atomic E-state index is 9.44. The summed E-state index contributed by atoms with van der Waals surface area (Å²) in [5.41, 5.74) is 5.26. The van der Waals surface area contributed by atoms with Gasteiger partial charge in [-0.3, -0.25) is 0 Å². The number of aliphatic hydroxyl groups excluding tert-OH is 3. The Balaban J connectivity index is 2.66. The fourth-order valence-electron chi connectivity index (χ4n) is 1.37. The molecule has 6 nitrogen and oxygen atoms in total. The Morgan fingerprint density at radius 1 is 1.31 bits per heavy atom. The fraction of sp³-hybridized carbons (Fsp3) is 1.00. The van der Waals surface area contributed by atoms with E-state index in [0.717, 1.165) is 0 Å². The van der Waals surface area contributed by atoms with Gasteiger partial charge in [0.05, 0.1) is 0 Å². The van der Waals surface area contributed by atoms with Crippen LogP contribution in [-0.4, -0.2) is 59.7 Å². The van der Waals surface area contributed by atoms with Crippen LogP contribution in [0.2, 0.25) is 0 Å². The van der Waals surface area contributed by atoms with E-state index in [1.54, 1.807) is 0 Å². The quantitative estimate of drug-likeness (QED) is 0.383. The highest BCUT2D eigenvalue weighted by Gasteiger charge is 2.43. The second kappa shape index (κ2) is 4.32. The van der Waals surface area contributed by atoms with E-state index in [0.29, 0.717) is 0 Å². The number of nitrogens with two attached hydrogens (primary N) is 1. The lowest BCUT2D eigenvalue weighted by molar-refractivity contribution is -0.284. The predicted molar refractivity (Wildman–Crippen MR) is 42.7 cm³/mol. The van der Waals surface area contributed by atoms with E-state index >= 15 is 0 Å². The smallest absolute Gasteiger partial charge is 0.184 e. The minimum Gasteiger partial charge on any atom is -0.388 e. The minimum absolute atomic E-state index is 0.0335. The van der Waals surface area contributed by atoms with Crippen LogP contribution in [0.25, 0.3) is 0 Å². The van der Waals surface area contributed by atoms with Crippen LogP contribution in [-0.2, 0) is 9.47 Å². The topological polar surface area (TPSA) is 105 Å². The molecular weight excluding hydrogens is 178 g/mol. The molecule has 0 amide bonds. The first kappa shape index (κ1) is 10.8. The van der Waals surface area contributed by atoms with Crippen LogP contribution in [0, 0.1) is 0 Å². The van der Waals surface area contributed by atoms with Gasteiger partial charge in [-0.05, 0) is 0 Å². The molecule has 0 unspecified atom stereocenters. The fourth-order valence-corrected chi connectivity index (χ4v) is 1.37. The molecule has 0 spiro atoms. The van der Waals surface area contributed by atoms with E-state index in [4.69, 9.17) is 15.2 Å². The second-order valence-corrected chi connectivity index (χ2v) is 2.98. The van der Waals surface area contributed by atoms with E-state index < -0.39 is 30.7 Å². The van der Waals surface area contributed by atoms with Crippen molar-refractivity contribution in [2.24, 2.45) is 5.73 Å². The first-order valence-corrected chi connectivity index (χ1v) is 4.04. The van der Waals surface area contributed by atoms with E-state index in [9.17, 15) is 15.3 Å². The highest BCUT2D eigenvalue weighted by atomic mass is 16.7. The van der Waals surface area contributed by atoms with Gasteiger partial charge in [-0.1, -0.05) is 0 Å². The average molecular weight is 193 g/mol. The highest BCUT2D eigenvalue weighted by molar-refractivity contribution is 4.89. The molecule has 0 bridgehead atoms. The Kier molecular flexibility index (Phi) is 3.60. The van der Waals surface area contributed by atoms with Gasteiger partial charge >= 0.3 is 0 Å². The lowest BCUT2D eigenvalue weighted by Gasteiger charge is -2.39. The van der Waals surface area contributed by atoms with Crippen LogP contribution in [0.3, 0.4) is 0 Å². The maximum atomic E-state index is 9.44. The molecule has 1 heterocycles. The summed E-state index contributed by atoms with van der Waals surface area (Å²) in [4.78, 5) is 0. The number of ether oxygens (including phenoxy) is 2. The van der Waals surface area contributed by atoms with Gasteiger partial charge in [-0.15, -0.1) is 0 Å². The Hall–Kier alpha value is -0.240. The van der Waals surface area contributed by atoms with Gasteiger partial charge < -0.3 is 30.5 Å². The molecule has 0 aliphatic carbocycles. The lowest BCUT2D eigenvalue weighted by atomic mass is 9.99. The predicted octanol–water partition coefficient (Wildman–Crippen LogP) is -2.60. The second-order valence-electron chi connectivity index (χ2n) is 2.98. The molecule has 1 aliphatic rings. The molecule has 1 rings (SSSR count). The maximum Gasteiger partial charge on any atom is 0.184 e. The highest BCUT2D eigenvalue weighted by Crippen LogP contribution is 2.20. The van der Waals surface area contributed by atoms with Crippen molar-refractivity contribution >= 4 is 0 Å². The molecular formula is C7H15NO5. The van der Waals surface area contributed by atoms with Gasteiger partial charge in [0.15, 0.2) is 6.29 Å². The van der Waals surface area contributed by atoms with Crippen LogP contribution in [0.15, 0.2) is 0 Å². The molecule has 0 aromatic rings. The van der Waals surface area contributed by atoms with Crippen molar-refractivity contribution in [3.05, 3.63) is 0 Å². The molecule has 13 heavy (non-hydrogen) atoms. The molecule has 1 saturated heterocycles. The molecule has 0 saturated carbocycles. The van der Waals surface area contributed by atoms with E-state index in [2.05, 4.69) is 0 Å². The molecule has 0 radical (unpaired) electrons. The normalized spacial score (nSPS) is 46.4. The number of hydrogen-bond donors (Lipinski definition) is 4. The van der Waals surface area contributed by atoms with E-state index in [-0.39, 0.29) is 6.54 Å². The number of hydrogen-bond acceptors (Lipinski definition) is 6. The molecule has 0 aromatic heterocycles. The lowest BCUT2D eigenvalue weighted by Crippen LogP contribution is -2.59. The van der Waals surface area contributed by atoms with Crippen LogP contribution in [0.5, 0.6) is 0 Å². The largest absolute Gasteiger partial charge is 0.388 e. The minimum atomic E-state index is -1.25. The standard InChI is InChI=1S/C7H15NO5/c1-12-6-5(10)4(9)3(2-8)13-7(6)11/h3-7,9-11H,2,8H2,1H3/t3-,4+,5+,6-,7-/m1/s1. The summed E-state index contributed by atoms with van der Waals surface area (Å²) < 4.78 is 9.67. The summed E-state index contributed by atoms with van der Waals surface area (Å²) in [5, 5.41) is 28.1. The molecule has 78 valence electrons. The third-order valence-corrected chi connectivity index (χ3v) is 2.17. The Morgan fingerprint density at radius 2 is 1.92 bits per heavy atom. The Morgan fingerprint density at radius 3 is 2.38 bits per heavy atom. The molecule has 6 heteroatoms. The van der Waals surface area contributed by atoms with E-state index in [1.807, 2.05) is 0 Å². The van der Waals surface area contributed by atoms with Gasteiger partial charge in [0.25, 0.3) is 0 Å². The first-order chi connectivity index (χ1) is 6.11. The van der Waals surface area contributed by atoms with Crippen molar-refractivity contribution in [1.29, 1.82) is 0 Å². The van der Waals surface area contributed by atoms with Gasteiger partial charge in [-0.25, -0.2) is 0 Å². The molecule has 0 aromatic carbocycles. The number of rotatable bonds is 2. The Bertz CT molecular complexity index is 167. The van der Waals surface area contributed by atoms with Crippen molar-refractivity contribution in [1.82, 2.24) is 0 Å². The Labute approximate surface area is 75.9 Å². The SMILES string of the molecule is CO[C@@H]1[C@@H](O)[C@@H](O)[C@@H](CN)O[C@H]1O. The summed E-state index contributed by atoms with van der Waals surface area (Å²) >= 11 is 0. The molecule has 5 N–H and O–H groups in total. The zero-order valence-corrected chi connectivity index (χ0v) is 7.33. The van der Waals surface area contributed by atoms with Crippen molar-refractivity contribution in [2.45, 2.75) is 30.7 Å². The third kappa shape index (κ3) is 1.98. The van der Waals surface area contributed by atoms with Gasteiger partial charge in [0.2, 0.25) is 0 Å². The van der Waals surface area contributed by atoms with Gasteiger partial charge in [0.1, 0.15) is 24.4 Å². The number of aliphatic hydroxyl groups is 3. The zero-order chi connectivity index (χ0) is 10.0.